The zero-order chi connectivity index (χ0) is 10.1. The van der Waals surface area contributed by atoms with Crippen LogP contribution in [0.1, 0.15) is 19.4 Å². The van der Waals surface area contributed by atoms with Crippen LogP contribution in [-0.2, 0) is 16.4 Å². The van der Waals surface area contributed by atoms with E-state index in [2.05, 4.69) is 0 Å². The summed E-state index contributed by atoms with van der Waals surface area (Å²) < 4.78 is 11.2. The number of aliphatic hydroxyl groups is 1. The molecule has 0 aliphatic carbocycles. The zero-order valence-electron chi connectivity index (χ0n) is 8.07. The average Bonchev–Trinajstić information content (AvgIpc) is 2.03. The summed E-state index contributed by atoms with van der Waals surface area (Å²) in [7, 11) is -0.985. The summed E-state index contributed by atoms with van der Waals surface area (Å²) in [6.45, 7) is 3.43. The van der Waals surface area contributed by atoms with Gasteiger partial charge in [0.2, 0.25) is 0 Å². The van der Waals surface area contributed by atoms with Gasteiger partial charge in [0, 0.05) is 22.0 Å². The molecule has 1 aromatic carbocycles. The van der Waals surface area contributed by atoms with Gasteiger partial charge in [-0.3, -0.25) is 4.21 Å². The molecule has 0 saturated heterocycles. The summed E-state index contributed by atoms with van der Waals surface area (Å²) >= 11 is 0. The van der Waals surface area contributed by atoms with Crippen LogP contribution in [0.5, 0.6) is 0 Å². The zero-order valence-corrected chi connectivity index (χ0v) is 8.89. The second kappa shape index (κ2) is 3.60. The maximum Gasteiger partial charge on any atom is 0.0840 e. The van der Waals surface area contributed by atoms with Gasteiger partial charge in [-0.1, -0.05) is 12.1 Å². The van der Waals surface area contributed by atoms with E-state index in [4.69, 9.17) is 0 Å². The van der Waals surface area contributed by atoms with Gasteiger partial charge in [-0.15, -0.1) is 0 Å². The van der Waals surface area contributed by atoms with E-state index in [0.29, 0.717) is 0 Å². The molecule has 0 aliphatic rings. The Hall–Kier alpha value is -0.670. The first kappa shape index (κ1) is 10.4. The van der Waals surface area contributed by atoms with Gasteiger partial charge in [-0.25, -0.2) is 0 Å². The predicted octanol–water partition coefficient (Wildman–Crippen LogP) is 1.65. The van der Waals surface area contributed by atoms with E-state index in [1.165, 1.54) is 0 Å². The molecular weight excluding hydrogens is 184 g/mol. The smallest absolute Gasteiger partial charge is 0.0840 e. The van der Waals surface area contributed by atoms with Gasteiger partial charge in [0.25, 0.3) is 0 Å². The maximum atomic E-state index is 11.2. The van der Waals surface area contributed by atoms with Gasteiger partial charge < -0.3 is 5.11 Å². The average molecular weight is 198 g/mol. The van der Waals surface area contributed by atoms with Crippen LogP contribution in [0.25, 0.3) is 0 Å². The van der Waals surface area contributed by atoms with Crippen LogP contribution in [0.15, 0.2) is 29.2 Å². The van der Waals surface area contributed by atoms with E-state index < -0.39 is 16.4 Å². The van der Waals surface area contributed by atoms with Crippen molar-refractivity contribution in [2.24, 2.45) is 0 Å². The molecule has 0 amide bonds. The molecule has 72 valence electrons. The molecular formula is C10H14O2S. The minimum Gasteiger partial charge on any atom is -0.386 e. The van der Waals surface area contributed by atoms with Gasteiger partial charge in [0.05, 0.1) is 5.60 Å². The fraction of sp³-hybridized carbons (Fsp3) is 0.400. The van der Waals surface area contributed by atoms with Crippen LogP contribution in [0.2, 0.25) is 0 Å². The summed E-state index contributed by atoms with van der Waals surface area (Å²) in [6.07, 6.45) is 1.63. The van der Waals surface area contributed by atoms with Crippen molar-refractivity contribution in [3.05, 3.63) is 29.8 Å². The van der Waals surface area contributed by atoms with E-state index in [9.17, 15) is 9.32 Å². The summed E-state index contributed by atoms with van der Waals surface area (Å²) in [6, 6.07) is 7.21. The van der Waals surface area contributed by atoms with E-state index in [-0.39, 0.29) is 0 Å². The highest BCUT2D eigenvalue weighted by molar-refractivity contribution is 7.84. The normalized spacial score (nSPS) is 14.2. The highest BCUT2D eigenvalue weighted by Crippen LogP contribution is 2.21. The minimum atomic E-state index is -0.985. The summed E-state index contributed by atoms with van der Waals surface area (Å²) in [5, 5.41) is 9.70. The summed E-state index contributed by atoms with van der Waals surface area (Å²) in [4.78, 5) is 0.750. The molecule has 13 heavy (non-hydrogen) atoms. The van der Waals surface area contributed by atoms with Crippen LogP contribution < -0.4 is 0 Å². The number of rotatable bonds is 2. The van der Waals surface area contributed by atoms with Crippen LogP contribution in [0.4, 0.5) is 0 Å². The third-order valence-electron chi connectivity index (χ3n) is 1.87. The van der Waals surface area contributed by atoms with Gasteiger partial charge in [-0.2, -0.15) is 0 Å². The number of hydrogen-bond acceptors (Lipinski definition) is 2. The first-order valence-electron chi connectivity index (χ1n) is 4.07. The first-order valence-corrected chi connectivity index (χ1v) is 5.63. The van der Waals surface area contributed by atoms with Crippen LogP contribution in [0, 0.1) is 0 Å². The van der Waals surface area contributed by atoms with Crippen molar-refractivity contribution in [1.82, 2.24) is 0 Å². The van der Waals surface area contributed by atoms with Gasteiger partial charge in [0.15, 0.2) is 0 Å². The van der Waals surface area contributed by atoms with Crippen molar-refractivity contribution in [3.8, 4) is 0 Å². The molecule has 1 rings (SSSR count). The summed E-state index contributed by atoms with van der Waals surface area (Å²) in [5.74, 6) is 0. The lowest BCUT2D eigenvalue weighted by molar-refractivity contribution is 0.0784. The molecule has 1 aromatic rings. The van der Waals surface area contributed by atoms with Crippen LogP contribution in [-0.4, -0.2) is 15.6 Å². The Morgan fingerprint density at radius 2 is 2.00 bits per heavy atom. The van der Waals surface area contributed by atoms with Crippen molar-refractivity contribution in [2.75, 3.05) is 6.26 Å². The van der Waals surface area contributed by atoms with Crippen LogP contribution >= 0.6 is 0 Å². The van der Waals surface area contributed by atoms with E-state index in [0.717, 1.165) is 10.5 Å². The molecule has 1 atom stereocenters. The topological polar surface area (TPSA) is 37.3 Å². The first-order chi connectivity index (χ1) is 5.91. The molecule has 0 aliphatic heterocycles. The van der Waals surface area contributed by atoms with Crippen molar-refractivity contribution >= 4 is 10.8 Å². The van der Waals surface area contributed by atoms with Crippen molar-refractivity contribution in [1.29, 1.82) is 0 Å². The fourth-order valence-corrected chi connectivity index (χ4v) is 1.62. The number of hydrogen-bond donors (Lipinski definition) is 1. The van der Waals surface area contributed by atoms with Crippen molar-refractivity contribution in [2.45, 2.75) is 24.3 Å². The lowest BCUT2D eigenvalue weighted by Crippen LogP contribution is -2.15. The van der Waals surface area contributed by atoms with Crippen molar-refractivity contribution in [3.63, 3.8) is 0 Å². The summed E-state index contributed by atoms with van der Waals surface area (Å²) in [5.41, 5.74) is -0.0738. The lowest BCUT2D eigenvalue weighted by atomic mass is 9.99. The molecule has 0 heterocycles. The number of benzene rings is 1. The van der Waals surface area contributed by atoms with Crippen molar-refractivity contribution < 1.29 is 9.32 Å². The molecule has 0 saturated carbocycles. The van der Waals surface area contributed by atoms with Gasteiger partial charge in [0.1, 0.15) is 0 Å². The monoisotopic (exact) mass is 198 g/mol. The molecule has 1 unspecified atom stereocenters. The highest BCUT2D eigenvalue weighted by Gasteiger charge is 2.16. The van der Waals surface area contributed by atoms with Gasteiger partial charge >= 0.3 is 0 Å². The second-order valence-corrected chi connectivity index (χ2v) is 4.92. The van der Waals surface area contributed by atoms with Crippen LogP contribution in [0.3, 0.4) is 0 Å². The van der Waals surface area contributed by atoms with E-state index in [1.54, 1.807) is 32.2 Å². The SMILES string of the molecule is CS(=O)c1cccc(C(C)(C)O)c1. The molecule has 3 heteroatoms. The molecule has 0 radical (unpaired) electrons. The molecule has 2 nitrogen and oxygen atoms in total. The molecule has 0 bridgehead atoms. The maximum absolute atomic E-state index is 11.2. The molecule has 1 N–H and O–H groups in total. The second-order valence-electron chi connectivity index (χ2n) is 3.54. The Kier molecular flexibility index (Phi) is 2.88. The molecule has 0 spiro atoms. The van der Waals surface area contributed by atoms with Gasteiger partial charge in [-0.05, 0) is 31.5 Å². The lowest BCUT2D eigenvalue weighted by Gasteiger charge is -2.17. The predicted molar refractivity (Wildman–Crippen MR) is 54.0 cm³/mol. The highest BCUT2D eigenvalue weighted by atomic mass is 32.2. The Bertz CT molecular complexity index is 326. The Labute approximate surface area is 81.1 Å². The third kappa shape index (κ3) is 2.64. The fourth-order valence-electron chi connectivity index (χ4n) is 1.06. The quantitative estimate of drug-likeness (QED) is 0.784. The Morgan fingerprint density at radius 1 is 1.38 bits per heavy atom. The van der Waals surface area contributed by atoms with E-state index in [1.807, 2.05) is 12.1 Å². The minimum absolute atomic E-state index is 0.750. The standard InChI is InChI=1S/C10H14O2S/c1-10(2,11)8-5-4-6-9(7-8)13(3)12/h4-7,11H,1-3H3. The molecule has 0 fully saturated rings. The largest absolute Gasteiger partial charge is 0.386 e. The Morgan fingerprint density at radius 3 is 2.46 bits per heavy atom. The molecule has 0 aromatic heterocycles. The van der Waals surface area contributed by atoms with E-state index >= 15 is 0 Å². The Balaban J connectivity index is 3.13. The third-order valence-corrected chi connectivity index (χ3v) is 2.79.